The van der Waals surface area contributed by atoms with E-state index < -0.39 is 18.0 Å². The monoisotopic (exact) mass is 245 g/mol. The van der Waals surface area contributed by atoms with Crippen molar-refractivity contribution in [2.75, 3.05) is 12.9 Å². The van der Waals surface area contributed by atoms with E-state index in [-0.39, 0.29) is 0 Å². The van der Waals surface area contributed by atoms with Crippen LogP contribution in [0.3, 0.4) is 0 Å². The molecule has 90 valence electrons. The van der Waals surface area contributed by atoms with E-state index in [1.807, 2.05) is 20.1 Å². The van der Waals surface area contributed by atoms with Crippen molar-refractivity contribution in [1.29, 1.82) is 0 Å². The van der Waals surface area contributed by atoms with Crippen LogP contribution in [-0.2, 0) is 9.47 Å². The van der Waals surface area contributed by atoms with Crippen molar-refractivity contribution in [3.63, 3.8) is 0 Å². The Bertz CT molecular complexity index is 365. The van der Waals surface area contributed by atoms with Gasteiger partial charge in [-0.2, -0.15) is 0 Å². The number of aromatic nitrogens is 1. The van der Waals surface area contributed by atoms with Gasteiger partial charge in [0.2, 0.25) is 0 Å². The molecule has 0 radical (unpaired) electrons. The molecule has 1 saturated heterocycles. The maximum atomic E-state index is 10.0. The second-order valence-corrected chi connectivity index (χ2v) is 4.80. The molecule has 1 aliphatic heterocycles. The van der Waals surface area contributed by atoms with Crippen LogP contribution in [0.2, 0.25) is 0 Å². The van der Waals surface area contributed by atoms with E-state index in [1.54, 1.807) is 0 Å². The summed E-state index contributed by atoms with van der Waals surface area (Å²) in [5.41, 5.74) is 0. The van der Waals surface area contributed by atoms with Crippen LogP contribution in [0.4, 0.5) is 0 Å². The quantitative estimate of drug-likeness (QED) is 0.816. The summed E-state index contributed by atoms with van der Waals surface area (Å²) in [5.74, 6) is -0.232. The van der Waals surface area contributed by atoms with E-state index in [4.69, 9.17) is 13.9 Å². The normalized spacial score (nSPS) is 25.9. The van der Waals surface area contributed by atoms with E-state index in [0.29, 0.717) is 17.6 Å². The van der Waals surface area contributed by atoms with Crippen molar-refractivity contribution in [2.24, 2.45) is 0 Å². The van der Waals surface area contributed by atoms with Crippen LogP contribution in [0.15, 0.2) is 15.8 Å². The summed E-state index contributed by atoms with van der Waals surface area (Å²) in [6, 6.07) is 0. The highest BCUT2D eigenvalue weighted by molar-refractivity contribution is 7.98. The van der Waals surface area contributed by atoms with E-state index in [1.165, 1.54) is 18.0 Å². The van der Waals surface area contributed by atoms with Gasteiger partial charge in [-0.05, 0) is 20.1 Å². The number of rotatable bonds is 3. The summed E-state index contributed by atoms with van der Waals surface area (Å²) < 4.78 is 16.3. The molecule has 1 aromatic rings. The zero-order valence-corrected chi connectivity index (χ0v) is 10.3. The Labute approximate surface area is 98.1 Å². The first-order chi connectivity index (χ1) is 7.52. The van der Waals surface area contributed by atoms with Crippen LogP contribution in [0.5, 0.6) is 0 Å². The zero-order chi connectivity index (χ0) is 11.8. The van der Waals surface area contributed by atoms with Crippen LogP contribution < -0.4 is 0 Å². The summed E-state index contributed by atoms with van der Waals surface area (Å²) in [5, 5.41) is 10.5. The molecule has 1 unspecified atom stereocenters. The minimum absolute atomic E-state index is 0.351. The van der Waals surface area contributed by atoms with Gasteiger partial charge in [0.05, 0.1) is 12.8 Å². The number of aliphatic hydroxyl groups excluding tert-OH is 1. The van der Waals surface area contributed by atoms with Crippen molar-refractivity contribution in [3.05, 3.63) is 12.0 Å². The average molecular weight is 245 g/mol. The largest absolute Gasteiger partial charge is 0.434 e. The first-order valence-electron chi connectivity index (χ1n) is 5.01. The number of oxazole rings is 1. The number of ether oxygens (including phenoxy) is 2. The van der Waals surface area contributed by atoms with Gasteiger partial charge in [0.25, 0.3) is 5.22 Å². The fourth-order valence-electron chi connectivity index (χ4n) is 1.56. The van der Waals surface area contributed by atoms with Gasteiger partial charge in [-0.3, -0.25) is 0 Å². The van der Waals surface area contributed by atoms with Gasteiger partial charge in [-0.25, -0.2) is 4.98 Å². The van der Waals surface area contributed by atoms with E-state index >= 15 is 0 Å². The highest BCUT2D eigenvalue weighted by atomic mass is 32.2. The van der Waals surface area contributed by atoms with Gasteiger partial charge in [0.1, 0.15) is 12.2 Å². The number of hydrogen-bond acceptors (Lipinski definition) is 6. The predicted molar refractivity (Wildman–Crippen MR) is 58.1 cm³/mol. The third-order valence-electron chi connectivity index (χ3n) is 2.35. The lowest BCUT2D eigenvalue weighted by Gasteiger charge is -2.18. The molecule has 6 heteroatoms. The van der Waals surface area contributed by atoms with Gasteiger partial charge in [-0.15, -0.1) is 0 Å². The summed E-state index contributed by atoms with van der Waals surface area (Å²) in [7, 11) is 0. The third-order valence-corrected chi connectivity index (χ3v) is 2.89. The molecule has 2 atom stereocenters. The maximum Gasteiger partial charge on any atom is 0.255 e. The molecule has 0 spiro atoms. The van der Waals surface area contributed by atoms with Gasteiger partial charge in [-0.1, -0.05) is 11.8 Å². The molecule has 1 fully saturated rings. The SMILES string of the molecule is CSc1ncc(C(O)[C@H]2COC(C)(C)O2)o1. The molecule has 5 nitrogen and oxygen atoms in total. The van der Waals surface area contributed by atoms with Crippen LogP contribution in [0.25, 0.3) is 0 Å². The Morgan fingerprint density at radius 3 is 2.88 bits per heavy atom. The topological polar surface area (TPSA) is 64.7 Å². The Kier molecular flexibility index (Phi) is 3.25. The predicted octanol–water partition coefficient (Wildman–Crippen LogP) is 1.58. The summed E-state index contributed by atoms with van der Waals surface area (Å²) >= 11 is 1.39. The lowest BCUT2D eigenvalue weighted by Crippen LogP contribution is -2.25. The first kappa shape index (κ1) is 11.9. The van der Waals surface area contributed by atoms with E-state index in [2.05, 4.69) is 4.98 Å². The van der Waals surface area contributed by atoms with Crippen molar-refractivity contribution in [3.8, 4) is 0 Å². The van der Waals surface area contributed by atoms with Crippen LogP contribution in [0.1, 0.15) is 25.7 Å². The van der Waals surface area contributed by atoms with Gasteiger partial charge < -0.3 is 19.0 Å². The molecule has 0 bridgehead atoms. The molecule has 1 N–H and O–H groups in total. The third kappa shape index (κ3) is 2.40. The average Bonchev–Trinajstić information content (AvgIpc) is 2.83. The molecule has 2 rings (SSSR count). The molecular weight excluding hydrogens is 230 g/mol. The second-order valence-electron chi connectivity index (χ2n) is 4.04. The molecule has 1 aliphatic rings. The first-order valence-corrected chi connectivity index (χ1v) is 6.24. The van der Waals surface area contributed by atoms with Gasteiger partial charge >= 0.3 is 0 Å². The van der Waals surface area contributed by atoms with Crippen molar-refractivity contribution in [1.82, 2.24) is 4.98 Å². The summed E-state index contributed by atoms with van der Waals surface area (Å²) in [6.45, 7) is 3.98. The Morgan fingerprint density at radius 2 is 2.38 bits per heavy atom. The van der Waals surface area contributed by atoms with Gasteiger partial charge in [0.15, 0.2) is 11.5 Å². The lowest BCUT2D eigenvalue weighted by atomic mass is 10.2. The summed E-state index contributed by atoms with van der Waals surface area (Å²) in [4.78, 5) is 4.00. The molecule has 0 amide bonds. The molecule has 2 heterocycles. The van der Waals surface area contributed by atoms with E-state index in [0.717, 1.165) is 0 Å². The smallest absolute Gasteiger partial charge is 0.255 e. The standard InChI is InChI=1S/C10H15NO4S/c1-10(2)13-5-7(15-10)8(12)6-4-11-9(14-6)16-3/h4,7-8,12H,5H2,1-3H3/t7-,8?/m1/s1. The van der Waals surface area contributed by atoms with Crippen molar-refractivity contribution < 1.29 is 19.0 Å². The Hall–Kier alpha value is -0.560. The van der Waals surface area contributed by atoms with Crippen LogP contribution in [0, 0.1) is 0 Å². The maximum absolute atomic E-state index is 10.0. The van der Waals surface area contributed by atoms with E-state index in [9.17, 15) is 5.11 Å². The number of thioether (sulfide) groups is 1. The highest BCUT2D eigenvalue weighted by Gasteiger charge is 2.38. The fourth-order valence-corrected chi connectivity index (χ4v) is 1.89. The second kappa shape index (κ2) is 4.37. The number of nitrogens with zero attached hydrogens (tertiary/aromatic N) is 1. The molecular formula is C10H15NO4S. The minimum atomic E-state index is -0.838. The van der Waals surface area contributed by atoms with Crippen molar-refractivity contribution >= 4 is 11.8 Å². The van der Waals surface area contributed by atoms with Crippen molar-refractivity contribution in [2.45, 2.75) is 37.1 Å². The van der Waals surface area contributed by atoms with Gasteiger partial charge in [0, 0.05) is 0 Å². The minimum Gasteiger partial charge on any atom is -0.434 e. The number of hydrogen-bond donors (Lipinski definition) is 1. The number of aliphatic hydroxyl groups is 1. The van der Waals surface area contributed by atoms with Crippen LogP contribution >= 0.6 is 11.8 Å². The fraction of sp³-hybridized carbons (Fsp3) is 0.700. The lowest BCUT2D eigenvalue weighted by molar-refractivity contribution is -0.153. The Balaban J connectivity index is 2.05. The molecule has 0 aliphatic carbocycles. The zero-order valence-electron chi connectivity index (χ0n) is 9.47. The molecule has 16 heavy (non-hydrogen) atoms. The Morgan fingerprint density at radius 1 is 1.62 bits per heavy atom. The molecule has 0 aromatic carbocycles. The summed E-state index contributed by atoms with van der Waals surface area (Å²) in [6.07, 6.45) is 2.14. The molecule has 1 aromatic heterocycles. The highest BCUT2D eigenvalue weighted by Crippen LogP contribution is 2.31. The molecule has 0 saturated carbocycles. The van der Waals surface area contributed by atoms with Crippen LogP contribution in [-0.4, -0.2) is 34.8 Å².